The molecule has 1 aliphatic rings. The summed E-state index contributed by atoms with van der Waals surface area (Å²) in [5.74, 6) is 2.32. The molecule has 0 bridgehead atoms. The normalized spacial score (nSPS) is 13.6. The molecule has 10 heteroatoms. The van der Waals surface area contributed by atoms with Crippen LogP contribution in [0.25, 0.3) is 33.3 Å². The van der Waals surface area contributed by atoms with Crippen LogP contribution in [0.2, 0.25) is 12.6 Å². The second-order valence-corrected chi connectivity index (χ2v) is 8.96. The number of hydrogen-bond donors (Lipinski definition) is 0. The van der Waals surface area contributed by atoms with Crippen LogP contribution in [-0.4, -0.2) is 46.8 Å². The van der Waals surface area contributed by atoms with Gasteiger partial charge in [-0.3, -0.25) is 4.79 Å². The summed E-state index contributed by atoms with van der Waals surface area (Å²) < 4.78 is 19.6. The number of methoxy groups -OCH3 is 1. The maximum Gasteiger partial charge on any atom is 0.358 e. The minimum absolute atomic E-state index is 0.0716. The molecule has 1 saturated heterocycles. The zero-order chi connectivity index (χ0) is 25.4. The molecule has 0 saturated carbocycles. The Morgan fingerprint density at radius 2 is 1.97 bits per heavy atom. The second kappa shape index (κ2) is 9.51. The molecule has 1 fully saturated rings. The molecule has 4 aromatic rings. The highest BCUT2D eigenvalue weighted by Gasteiger charge is 2.33. The van der Waals surface area contributed by atoms with Crippen molar-refractivity contribution in [1.29, 1.82) is 5.26 Å². The van der Waals surface area contributed by atoms with E-state index >= 15 is 0 Å². The SMILES string of the molecule is COC(=O)c1nccc2cc(-c3ccc(-c4c(C)on(C)c4=O)cc3)n(CCOC3CB(C#N)C3)c12. The fraction of sp³-hybridized carbons (Fsp3) is 0.308. The average molecular weight is 484 g/mol. The third-order valence-corrected chi connectivity index (χ3v) is 6.73. The predicted molar refractivity (Wildman–Crippen MR) is 135 cm³/mol. The highest BCUT2D eigenvalue weighted by atomic mass is 16.5. The Kier molecular flexibility index (Phi) is 6.25. The Morgan fingerprint density at radius 3 is 2.61 bits per heavy atom. The molecular weight excluding hydrogens is 459 g/mol. The van der Waals surface area contributed by atoms with Crippen molar-refractivity contribution < 1.29 is 18.8 Å². The standard InChI is InChI=1S/C26H25BN4O5/c1-16-22(25(32)30(2)36-16)18-6-4-17(5-7-18)21-12-19-8-9-29-23(26(33)34-3)24(19)31(21)10-11-35-20-13-27(14-20)15-28/h4-9,12,20H,10-11,13-14H2,1-3H3. The highest BCUT2D eigenvalue weighted by Crippen LogP contribution is 2.32. The fourth-order valence-electron chi connectivity index (χ4n) is 4.78. The molecule has 3 aromatic heterocycles. The lowest BCUT2D eigenvalue weighted by Gasteiger charge is -2.28. The van der Waals surface area contributed by atoms with Crippen molar-refractivity contribution in [2.75, 3.05) is 13.7 Å². The molecule has 0 amide bonds. The smallest absolute Gasteiger partial charge is 0.358 e. The number of esters is 1. The maximum atomic E-state index is 12.5. The lowest BCUT2D eigenvalue weighted by molar-refractivity contribution is 0.0588. The van der Waals surface area contributed by atoms with Crippen LogP contribution in [0.1, 0.15) is 16.2 Å². The third kappa shape index (κ3) is 4.12. The fourth-order valence-corrected chi connectivity index (χ4v) is 4.78. The van der Waals surface area contributed by atoms with E-state index in [0.29, 0.717) is 30.0 Å². The van der Waals surface area contributed by atoms with Crippen molar-refractivity contribution in [3.8, 4) is 28.4 Å². The van der Waals surface area contributed by atoms with Gasteiger partial charge in [0, 0.05) is 42.9 Å². The number of hydrogen-bond acceptors (Lipinski definition) is 7. The number of carbonyl (C=O) groups is 1. The third-order valence-electron chi connectivity index (χ3n) is 6.73. The largest absolute Gasteiger partial charge is 0.464 e. The molecule has 0 spiro atoms. The van der Waals surface area contributed by atoms with Gasteiger partial charge in [0.15, 0.2) is 5.69 Å². The molecule has 1 aliphatic heterocycles. The number of rotatable bonds is 7. The van der Waals surface area contributed by atoms with Crippen LogP contribution in [0.3, 0.4) is 0 Å². The molecule has 9 nitrogen and oxygen atoms in total. The van der Waals surface area contributed by atoms with E-state index in [9.17, 15) is 9.59 Å². The first-order valence-corrected chi connectivity index (χ1v) is 11.8. The molecule has 5 rings (SSSR count). The Labute approximate surface area is 207 Å². The summed E-state index contributed by atoms with van der Waals surface area (Å²) in [5, 5.41) is 9.86. The van der Waals surface area contributed by atoms with Crippen LogP contribution in [-0.2, 0) is 23.1 Å². The van der Waals surface area contributed by atoms with Gasteiger partial charge in [-0.15, -0.1) is 0 Å². The number of pyridine rings is 1. The monoisotopic (exact) mass is 484 g/mol. The predicted octanol–water partition coefficient (Wildman–Crippen LogP) is 3.71. The van der Waals surface area contributed by atoms with Crippen molar-refractivity contribution in [2.45, 2.75) is 32.2 Å². The molecule has 0 radical (unpaired) electrons. The molecule has 182 valence electrons. The van der Waals surface area contributed by atoms with E-state index in [1.807, 2.05) is 41.0 Å². The van der Waals surface area contributed by atoms with Crippen LogP contribution >= 0.6 is 0 Å². The van der Waals surface area contributed by atoms with Crippen molar-refractivity contribution >= 4 is 23.6 Å². The summed E-state index contributed by atoms with van der Waals surface area (Å²) in [4.78, 5) is 29.3. The van der Waals surface area contributed by atoms with E-state index in [2.05, 4.69) is 11.0 Å². The first-order chi connectivity index (χ1) is 17.4. The van der Waals surface area contributed by atoms with E-state index < -0.39 is 5.97 Å². The molecule has 0 unspecified atom stereocenters. The van der Waals surface area contributed by atoms with Crippen LogP contribution in [0.4, 0.5) is 0 Å². The first-order valence-electron chi connectivity index (χ1n) is 11.8. The molecule has 0 atom stereocenters. The van der Waals surface area contributed by atoms with Crippen molar-refractivity contribution in [3.05, 3.63) is 64.4 Å². The molecule has 0 N–H and O–H groups in total. The molecule has 0 aliphatic carbocycles. The number of nitriles is 1. The zero-order valence-corrected chi connectivity index (χ0v) is 20.4. The van der Waals surface area contributed by atoms with Gasteiger partial charge in [0.25, 0.3) is 12.3 Å². The summed E-state index contributed by atoms with van der Waals surface area (Å²) in [7, 11) is 2.92. The van der Waals surface area contributed by atoms with Gasteiger partial charge >= 0.3 is 5.97 Å². The maximum absolute atomic E-state index is 12.5. The van der Waals surface area contributed by atoms with Crippen LogP contribution in [0, 0.1) is 18.2 Å². The van der Waals surface area contributed by atoms with Gasteiger partial charge in [0.2, 0.25) is 0 Å². The van der Waals surface area contributed by atoms with Gasteiger partial charge < -0.3 is 18.6 Å². The average Bonchev–Trinajstić information content (AvgIpc) is 3.35. The van der Waals surface area contributed by atoms with Gasteiger partial charge in [0.05, 0.1) is 24.8 Å². The van der Waals surface area contributed by atoms with Gasteiger partial charge in [0.1, 0.15) is 5.76 Å². The minimum Gasteiger partial charge on any atom is -0.464 e. The second-order valence-electron chi connectivity index (χ2n) is 8.96. The van der Waals surface area contributed by atoms with E-state index in [-0.39, 0.29) is 24.1 Å². The van der Waals surface area contributed by atoms with Crippen LogP contribution in [0.5, 0.6) is 0 Å². The van der Waals surface area contributed by atoms with E-state index in [4.69, 9.17) is 19.3 Å². The minimum atomic E-state index is -0.509. The number of aromatic nitrogens is 3. The Balaban J connectivity index is 1.52. The van der Waals surface area contributed by atoms with Gasteiger partial charge in [-0.1, -0.05) is 24.3 Å². The number of benzene rings is 1. The van der Waals surface area contributed by atoms with Crippen molar-refractivity contribution in [1.82, 2.24) is 14.3 Å². The topological polar surface area (TPSA) is 112 Å². The number of aryl methyl sites for hydroxylation is 2. The van der Waals surface area contributed by atoms with Crippen molar-refractivity contribution in [2.24, 2.45) is 7.05 Å². The number of fused-ring (bicyclic) bond motifs is 1. The van der Waals surface area contributed by atoms with Crippen LogP contribution in [0.15, 0.2) is 51.9 Å². The van der Waals surface area contributed by atoms with Gasteiger partial charge in [-0.05, 0) is 42.8 Å². The van der Waals surface area contributed by atoms with Gasteiger partial charge in [-0.2, -0.15) is 4.74 Å². The quantitative estimate of drug-likeness (QED) is 0.290. The molecule has 36 heavy (non-hydrogen) atoms. The Bertz CT molecular complexity index is 1540. The number of carbonyl (C=O) groups excluding carboxylic acids is 1. The molecule has 4 heterocycles. The van der Waals surface area contributed by atoms with Crippen molar-refractivity contribution in [3.63, 3.8) is 0 Å². The zero-order valence-electron chi connectivity index (χ0n) is 20.4. The van der Waals surface area contributed by atoms with Crippen LogP contribution < -0.4 is 5.56 Å². The lowest BCUT2D eigenvalue weighted by atomic mass is 9.35. The highest BCUT2D eigenvalue weighted by molar-refractivity contribution is 6.70. The number of nitrogens with zero attached hydrogens (tertiary/aromatic N) is 4. The van der Waals surface area contributed by atoms with Gasteiger partial charge in [-0.25, -0.2) is 15.0 Å². The Morgan fingerprint density at radius 1 is 1.25 bits per heavy atom. The summed E-state index contributed by atoms with van der Waals surface area (Å²) >= 11 is 0. The summed E-state index contributed by atoms with van der Waals surface area (Å²) in [5.41, 5.74) is 3.83. The number of ether oxygens (including phenoxy) is 2. The lowest BCUT2D eigenvalue weighted by Crippen LogP contribution is -2.37. The summed E-state index contributed by atoms with van der Waals surface area (Å²) in [6, 6.07) is 11.5. The van der Waals surface area contributed by atoms with E-state index in [1.165, 1.54) is 11.8 Å². The first kappa shape index (κ1) is 23.6. The van der Waals surface area contributed by atoms with E-state index in [0.717, 1.165) is 34.8 Å². The van der Waals surface area contributed by atoms with E-state index in [1.54, 1.807) is 20.2 Å². The molecular formula is C26H25BN4O5. The Hall–Kier alpha value is -4.10. The molecule has 1 aromatic carbocycles. The summed E-state index contributed by atoms with van der Waals surface area (Å²) in [6.07, 6.45) is 3.17. The summed E-state index contributed by atoms with van der Waals surface area (Å²) in [6.45, 7) is 2.76.